The van der Waals surface area contributed by atoms with Gasteiger partial charge in [0, 0.05) is 11.5 Å². The van der Waals surface area contributed by atoms with E-state index in [1.807, 2.05) is 0 Å². The van der Waals surface area contributed by atoms with E-state index in [1.54, 1.807) is 0 Å². The molecular formula is C10H7F2NaO6S. The van der Waals surface area contributed by atoms with E-state index in [0.717, 1.165) is 0 Å². The molecule has 104 valence electrons. The average molecular weight is 316 g/mol. The second kappa shape index (κ2) is 5.78. The number of rotatable bonds is 2. The van der Waals surface area contributed by atoms with Crippen molar-refractivity contribution in [3.8, 4) is 5.75 Å². The van der Waals surface area contributed by atoms with Crippen molar-refractivity contribution in [1.82, 2.24) is 0 Å². The summed E-state index contributed by atoms with van der Waals surface area (Å²) >= 11 is 0. The summed E-state index contributed by atoms with van der Waals surface area (Å²) in [7, 11) is -4.51. The zero-order valence-corrected chi connectivity index (χ0v) is 12.9. The molecule has 2 N–H and O–H groups in total. The van der Waals surface area contributed by atoms with Crippen molar-refractivity contribution in [2.24, 2.45) is 0 Å². The molecular weight excluding hydrogens is 309 g/mol. The molecule has 0 amide bonds. The second-order valence-electron chi connectivity index (χ2n) is 3.71. The third kappa shape index (κ3) is 3.36. The first-order valence-electron chi connectivity index (χ1n) is 4.78. The maximum absolute atomic E-state index is 13.5. The first-order chi connectivity index (χ1) is 8.69. The van der Waals surface area contributed by atoms with E-state index in [-0.39, 0.29) is 41.9 Å². The van der Waals surface area contributed by atoms with Crippen LogP contribution in [0.2, 0.25) is 0 Å². The minimum Gasteiger partial charge on any atom is -1.00 e. The second-order valence-corrected chi connectivity index (χ2v) is 5.17. The third-order valence-corrected chi connectivity index (χ3v) is 3.00. The van der Waals surface area contributed by atoms with Gasteiger partial charge in [0.15, 0.2) is 17.1 Å². The zero-order chi connectivity index (χ0) is 14.4. The summed E-state index contributed by atoms with van der Waals surface area (Å²) in [4.78, 5) is 11.2. The van der Waals surface area contributed by atoms with E-state index in [9.17, 15) is 22.0 Å². The van der Waals surface area contributed by atoms with Crippen LogP contribution in [0.1, 0.15) is 6.99 Å². The summed E-state index contributed by atoms with van der Waals surface area (Å²) in [5.41, 5.74) is -2.23. The molecule has 2 aromatic rings. The Labute approximate surface area is 134 Å². The maximum Gasteiger partial charge on any atom is 1.00 e. The van der Waals surface area contributed by atoms with Crippen molar-refractivity contribution in [2.45, 2.75) is 5.75 Å². The third-order valence-electron chi connectivity index (χ3n) is 2.33. The largest absolute Gasteiger partial charge is 1.00 e. The molecule has 0 aliphatic heterocycles. The van der Waals surface area contributed by atoms with Gasteiger partial charge < -0.3 is 11.0 Å². The molecule has 1 heterocycles. The van der Waals surface area contributed by atoms with Crippen molar-refractivity contribution in [3.05, 3.63) is 39.8 Å². The van der Waals surface area contributed by atoms with Crippen molar-refractivity contribution in [3.63, 3.8) is 0 Å². The van der Waals surface area contributed by atoms with Crippen LogP contribution < -0.4 is 35.2 Å². The summed E-state index contributed by atoms with van der Waals surface area (Å²) < 4.78 is 61.4. The number of phenols is 1. The van der Waals surface area contributed by atoms with Crippen molar-refractivity contribution in [1.29, 1.82) is 0 Å². The molecule has 0 spiro atoms. The average Bonchev–Trinajstić information content (AvgIpc) is 2.26. The molecule has 1 aromatic carbocycles. The maximum atomic E-state index is 13.5. The van der Waals surface area contributed by atoms with Crippen LogP contribution in [0.5, 0.6) is 5.75 Å². The SMILES string of the molecule is O=c1cc(CS(=O)(=O)O)c2cc(F)c(O)c(F)c2o1.[H-].[Na+]. The van der Waals surface area contributed by atoms with E-state index in [0.29, 0.717) is 12.1 Å². The monoisotopic (exact) mass is 316 g/mol. The first kappa shape index (κ1) is 17.1. The minimum atomic E-state index is -4.51. The van der Waals surface area contributed by atoms with Gasteiger partial charge in [-0.15, -0.1) is 0 Å². The fourth-order valence-corrected chi connectivity index (χ4v) is 2.23. The minimum absolute atomic E-state index is 0. The molecule has 6 nitrogen and oxygen atoms in total. The fraction of sp³-hybridized carbons (Fsp3) is 0.100. The normalized spacial score (nSPS) is 11.3. The molecule has 0 saturated heterocycles. The Morgan fingerprint density at radius 2 is 1.90 bits per heavy atom. The van der Waals surface area contributed by atoms with Crippen LogP contribution in [0.15, 0.2) is 21.3 Å². The Hall–Kier alpha value is -1.00. The van der Waals surface area contributed by atoms with Gasteiger partial charge in [0.25, 0.3) is 10.1 Å². The van der Waals surface area contributed by atoms with Gasteiger partial charge in [-0.3, -0.25) is 4.55 Å². The van der Waals surface area contributed by atoms with Crippen LogP contribution in [0.3, 0.4) is 0 Å². The molecule has 0 radical (unpaired) electrons. The molecule has 0 saturated carbocycles. The van der Waals surface area contributed by atoms with Crippen LogP contribution in [0, 0.1) is 11.6 Å². The molecule has 0 fully saturated rings. The quantitative estimate of drug-likeness (QED) is 0.388. The molecule has 0 atom stereocenters. The van der Waals surface area contributed by atoms with E-state index < -0.39 is 44.5 Å². The Balaban J connectivity index is 0.00000200. The van der Waals surface area contributed by atoms with Crippen molar-refractivity contribution >= 4 is 21.1 Å². The number of aromatic hydroxyl groups is 1. The summed E-state index contributed by atoms with van der Waals surface area (Å²) in [6.45, 7) is 0. The first-order valence-corrected chi connectivity index (χ1v) is 6.39. The number of hydrogen-bond donors (Lipinski definition) is 2. The number of hydrogen-bond acceptors (Lipinski definition) is 5. The van der Waals surface area contributed by atoms with Crippen LogP contribution >= 0.6 is 0 Å². The molecule has 0 unspecified atom stereocenters. The van der Waals surface area contributed by atoms with Crippen LogP contribution in [0.25, 0.3) is 11.0 Å². The molecule has 10 heteroatoms. The van der Waals surface area contributed by atoms with Gasteiger partial charge in [0.05, 0.1) is 0 Å². The molecule has 0 aliphatic rings. The van der Waals surface area contributed by atoms with Crippen LogP contribution in [-0.4, -0.2) is 18.1 Å². The summed E-state index contributed by atoms with van der Waals surface area (Å²) in [6, 6.07) is 1.29. The molecule has 20 heavy (non-hydrogen) atoms. The number of benzene rings is 1. The smallest absolute Gasteiger partial charge is 1.00 e. The summed E-state index contributed by atoms with van der Waals surface area (Å²) in [6.07, 6.45) is 0. The predicted octanol–water partition coefficient (Wildman–Crippen LogP) is -1.72. The molecule has 1 aromatic heterocycles. The van der Waals surface area contributed by atoms with Crippen molar-refractivity contribution < 1.29 is 62.3 Å². The summed E-state index contributed by atoms with van der Waals surface area (Å²) in [5.74, 6) is -5.24. The van der Waals surface area contributed by atoms with Gasteiger partial charge in [-0.25, -0.2) is 9.18 Å². The van der Waals surface area contributed by atoms with Crippen molar-refractivity contribution in [2.75, 3.05) is 0 Å². The van der Waals surface area contributed by atoms with E-state index in [4.69, 9.17) is 9.66 Å². The van der Waals surface area contributed by atoms with E-state index in [1.165, 1.54) is 0 Å². The topological polar surface area (TPSA) is 105 Å². The standard InChI is InChI=1S/C10H6F2O6S.Na.H/c11-6-2-5-4(3-19(15,16)17)1-7(13)18-10(5)8(12)9(6)14;;/h1-2,14H,3H2,(H,15,16,17);;/q;+1;-1. The van der Waals surface area contributed by atoms with Gasteiger partial charge in [-0.05, 0) is 11.6 Å². The van der Waals surface area contributed by atoms with Gasteiger partial charge in [-0.1, -0.05) is 0 Å². The van der Waals surface area contributed by atoms with E-state index in [2.05, 4.69) is 4.42 Å². The van der Waals surface area contributed by atoms with Gasteiger partial charge in [-0.2, -0.15) is 12.8 Å². The van der Waals surface area contributed by atoms with Crippen LogP contribution in [0.4, 0.5) is 8.78 Å². The Bertz CT molecular complexity index is 836. The van der Waals surface area contributed by atoms with E-state index >= 15 is 0 Å². The number of halogens is 2. The Morgan fingerprint density at radius 3 is 2.45 bits per heavy atom. The molecule has 0 aliphatic carbocycles. The fourth-order valence-electron chi connectivity index (χ4n) is 1.60. The van der Waals surface area contributed by atoms with Gasteiger partial charge >= 0.3 is 35.2 Å². The van der Waals surface area contributed by atoms with Gasteiger partial charge in [0.2, 0.25) is 5.82 Å². The number of fused-ring (bicyclic) bond motifs is 1. The van der Waals surface area contributed by atoms with Crippen LogP contribution in [-0.2, 0) is 15.9 Å². The zero-order valence-electron chi connectivity index (χ0n) is 11.1. The predicted molar refractivity (Wildman–Crippen MR) is 60.4 cm³/mol. The molecule has 0 bridgehead atoms. The Morgan fingerprint density at radius 1 is 1.30 bits per heavy atom. The molecule has 2 rings (SSSR count). The summed E-state index contributed by atoms with van der Waals surface area (Å²) in [5, 5.41) is 8.67. The van der Waals surface area contributed by atoms with Gasteiger partial charge in [0.1, 0.15) is 5.75 Å². The Kier molecular flexibility index (Phi) is 4.93. The number of phenolic OH excluding ortho intramolecular Hbond substituents is 1.